The lowest BCUT2D eigenvalue weighted by molar-refractivity contribution is -0.277. The van der Waals surface area contributed by atoms with E-state index >= 15 is 0 Å². The molecule has 11 nitrogen and oxygen atoms in total. The van der Waals surface area contributed by atoms with E-state index in [-0.39, 0.29) is 28.2 Å². The van der Waals surface area contributed by atoms with Gasteiger partial charge in [0.15, 0.2) is 16.9 Å². The van der Waals surface area contributed by atoms with Gasteiger partial charge in [0.05, 0.1) is 6.61 Å². The lowest BCUT2D eigenvalue weighted by Gasteiger charge is -2.39. The van der Waals surface area contributed by atoms with E-state index in [1.807, 2.05) is 0 Å². The molecule has 1 fully saturated rings. The van der Waals surface area contributed by atoms with Gasteiger partial charge in [0.25, 0.3) is 0 Å². The molecule has 1 aromatic heterocycles. The SMILES string of the molecule is O=c1cc(-c2ccc(O)cc2)oc2cc(O[C@@H]3O[C@H](CO)[C@H](O)[C@H](O)[C@H]3O)c(O)c(O)c12.[HH].[HH].[HH].[HH]. The van der Waals surface area contributed by atoms with Crippen molar-refractivity contribution in [2.75, 3.05) is 6.61 Å². The maximum Gasteiger partial charge on any atom is 0.229 e. The summed E-state index contributed by atoms with van der Waals surface area (Å²) in [6.07, 6.45) is -7.99. The highest BCUT2D eigenvalue weighted by Crippen LogP contribution is 2.42. The Morgan fingerprint density at radius 2 is 1.62 bits per heavy atom. The predicted molar refractivity (Wildman–Crippen MR) is 116 cm³/mol. The molecule has 11 heteroatoms. The van der Waals surface area contributed by atoms with Gasteiger partial charge in [-0.25, -0.2) is 0 Å². The van der Waals surface area contributed by atoms with Crippen LogP contribution in [0.1, 0.15) is 5.71 Å². The average molecular weight is 456 g/mol. The molecule has 0 amide bonds. The zero-order chi connectivity index (χ0) is 23.2. The Hall–Kier alpha value is -3.35. The summed E-state index contributed by atoms with van der Waals surface area (Å²) in [5, 5.41) is 69.0. The average Bonchev–Trinajstić information content (AvgIpc) is 2.77. The number of hydrogen-bond donors (Lipinski definition) is 7. The van der Waals surface area contributed by atoms with Crippen molar-refractivity contribution in [2.45, 2.75) is 30.7 Å². The van der Waals surface area contributed by atoms with Gasteiger partial charge >= 0.3 is 0 Å². The number of fused-ring (bicyclic) bond motifs is 1. The Bertz CT molecular complexity index is 1200. The van der Waals surface area contributed by atoms with E-state index in [9.17, 15) is 40.5 Å². The van der Waals surface area contributed by atoms with Crippen molar-refractivity contribution in [3.63, 3.8) is 0 Å². The molecule has 2 heterocycles. The van der Waals surface area contributed by atoms with Crippen molar-refractivity contribution < 1.29 is 55.3 Å². The summed E-state index contributed by atoms with van der Waals surface area (Å²) in [5.41, 5.74) is -0.386. The van der Waals surface area contributed by atoms with Crippen molar-refractivity contribution >= 4 is 11.0 Å². The number of phenolic OH excluding ortho intramolecular Hbond substituents is 3. The molecule has 32 heavy (non-hydrogen) atoms. The highest BCUT2D eigenvalue weighted by Gasteiger charge is 2.45. The first-order valence-electron chi connectivity index (χ1n) is 9.50. The largest absolute Gasteiger partial charge is 0.508 e. The number of aliphatic hydroxyl groups is 4. The second-order valence-electron chi connectivity index (χ2n) is 7.28. The summed E-state index contributed by atoms with van der Waals surface area (Å²) in [7, 11) is 0. The molecular weight excluding hydrogens is 428 g/mol. The van der Waals surface area contributed by atoms with Gasteiger partial charge in [0, 0.05) is 23.4 Å². The maximum absolute atomic E-state index is 12.6. The first-order valence-corrected chi connectivity index (χ1v) is 9.50. The van der Waals surface area contributed by atoms with Crippen molar-refractivity contribution in [2.24, 2.45) is 0 Å². The highest BCUT2D eigenvalue weighted by atomic mass is 16.7. The Labute approximate surface area is 185 Å². The number of ether oxygens (including phenoxy) is 2. The molecule has 0 spiro atoms. The Morgan fingerprint density at radius 1 is 0.938 bits per heavy atom. The topological polar surface area (TPSA) is 190 Å². The van der Waals surface area contributed by atoms with E-state index in [1.165, 1.54) is 24.3 Å². The number of phenols is 3. The highest BCUT2D eigenvalue weighted by molar-refractivity contribution is 5.89. The summed E-state index contributed by atoms with van der Waals surface area (Å²) in [4.78, 5) is 12.6. The van der Waals surface area contributed by atoms with Gasteiger partial charge in [-0.3, -0.25) is 4.79 Å². The molecule has 0 radical (unpaired) electrons. The second-order valence-corrected chi connectivity index (χ2v) is 7.28. The van der Waals surface area contributed by atoms with Crippen LogP contribution in [0.4, 0.5) is 0 Å². The molecule has 0 aliphatic carbocycles. The smallest absolute Gasteiger partial charge is 0.229 e. The molecule has 0 unspecified atom stereocenters. The third-order valence-electron chi connectivity index (χ3n) is 5.17. The molecule has 4 rings (SSSR count). The van der Waals surface area contributed by atoms with Crippen molar-refractivity contribution in [1.82, 2.24) is 0 Å². The fourth-order valence-electron chi connectivity index (χ4n) is 3.42. The first kappa shape index (κ1) is 21.9. The minimum Gasteiger partial charge on any atom is -0.508 e. The lowest BCUT2D eigenvalue weighted by atomic mass is 9.99. The number of rotatable bonds is 4. The predicted octanol–water partition coefficient (Wildman–Crippen LogP) is 0.739. The summed E-state index contributed by atoms with van der Waals surface area (Å²) < 4.78 is 16.3. The summed E-state index contributed by atoms with van der Waals surface area (Å²) in [5.74, 6) is -2.03. The fraction of sp³-hybridized carbons (Fsp3) is 0.286. The van der Waals surface area contributed by atoms with Crippen LogP contribution in [0.2, 0.25) is 0 Å². The van der Waals surface area contributed by atoms with Crippen LogP contribution in [-0.2, 0) is 4.74 Å². The molecule has 0 saturated carbocycles. The Balaban J connectivity index is 0.00000306. The van der Waals surface area contributed by atoms with Crippen LogP contribution in [-0.4, -0.2) is 73.1 Å². The third kappa shape index (κ3) is 3.72. The first-order chi connectivity index (χ1) is 15.2. The molecule has 5 atom stereocenters. The van der Waals surface area contributed by atoms with Crippen LogP contribution in [0.5, 0.6) is 23.0 Å². The molecular formula is C21H28O11. The Morgan fingerprint density at radius 3 is 2.28 bits per heavy atom. The van der Waals surface area contributed by atoms with Gasteiger partial charge in [-0.15, -0.1) is 0 Å². The van der Waals surface area contributed by atoms with E-state index < -0.39 is 60.0 Å². The standard InChI is InChI=1S/C21H20O11.4H2/c22-7-14-17(26)19(28)20(29)21(32-14)31-13-6-12-15(18(27)16(13)25)10(24)5-11(30-12)8-1-3-9(23)4-2-8;;;;/h1-6,14,17,19-23,25-29H,7H2;4*1H/t14-,17+,19+,20-,21-;;;;/m1..../s1. The number of benzene rings is 2. The van der Waals surface area contributed by atoms with Gasteiger partial charge in [0.1, 0.15) is 46.9 Å². The van der Waals surface area contributed by atoms with E-state index in [4.69, 9.17) is 13.9 Å². The molecule has 2 aromatic carbocycles. The lowest BCUT2D eigenvalue weighted by Crippen LogP contribution is -2.60. The van der Waals surface area contributed by atoms with E-state index in [0.717, 1.165) is 12.1 Å². The minimum absolute atomic E-state index is 0. The van der Waals surface area contributed by atoms with Gasteiger partial charge in [0.2, 0.25) is 12.0 Å². The van der Waals surface area contributed by atoms with Crippen LogP contribution in [0.3, 0.4) is 0 Å². The van der Waals surface area contributed by atoms with Crippen molar-refractivity contribution in [3.8, 4) is 34.3 Å². The zero-order valence-corrected chi connectivity index (χ0v) is 16.3. The second kappa shape index (κ2) is 8.30. The number of aromatic hydroxyl groups is 3. The molecule has 3 aromatic rings. The zero-order valence-electron chi connectivity index (χ0n) is 16.3. The number of hydrogen-bond acceptors (Lipinski definition) is 11. The van der Waals surface area contributed by atoms with Crippen LogP contribution >= 0.6 is 0 Å². The van der Waals surface area contributed by atoms with Crippen LogP contribution < -0.4 is 10.2 Å². The van der Waals surface area contributed by atoms with E-state index in [2.05, 4.69) is 0 Å². The van der Waals surface area contributed by atoms with Crippen LogP contribution in [0, 0.1) is 0 Å². The molecule has 7 N–H and O–H groups in total. The molecule has 1 aliphatic heterocycles. The quantitative estimate of drug-likeness (QED) is 0.274. The van der Waals surface area contributed by atoms with E-state index in [0.29, 0.717) is 5.56 Å². The number of aliphatic hydroxyl groups excluding tert-OH is 4. The normalized spacial score (nSPS) is 25.7. The van der Waals surface area contributed by atoms with E-state index in [1.54, 1.807) is 0 Å². The van der Waals surface area contributed by atoms with Crippen LogP contribution in [0.15, 0.2) is 45.6 Å². The fourth-order valence-corrected chi connectivity index (χ4v) is 3.42. The van der Waals surface area contributed by atoms with Gasteiger partial charge in [-0.1, -0.05) is 0 Å². The summed E-state index contributed by atoms with van der Waals surface area (Å²) in [6.45, 7) is -0.690. The minimum atomic E-state index is -1.76. The van der Waals surface area contributed by atoms with Crippen molar-refractivity contribution in [1.29, 1.82) is 0 Å². The molecule has 178 valence electrons. The third-order valence-corrected chi connectivity index (χ3v) is 5.17. The van der Waals surface area contributed by atoms with Crippen LogP contribution in [0.25, 0.3) is 22.3 Å². The van der Waals surface area contributed by atoms with Crippen molar-refractivity contribution in [3.05, 3.63) is 46.6 Å². The summed E-state index contributed by atoms with van der Waals surface area (Å²) in [6, 6.07) is 7.97. The monoisotopic (exact) mass is 456 g/mol. The van der Waals surface area contributed by atoms with Gasteiger partial charge < -0.3 is 49.6 Å². The molecule has 0 bridgehead atoms. The maximum atomic E-state index is 12.6. The Kier molecular flexibility index (Phi) is 5.67. The van der Waals surface area contributed by atoms with Gasteiger partial charge in [-0.2, -0.15) is 0 Å². The summed E-state index contributed by atoms with van der Waals surface area (Å²) >= 11 is 0. The molecule has 1 aliphatic rings. The van der Waals surface area contributed by atoms with Gasteiger partial charge in [-0.05, 0) is 24.3 Å². The molecule has 1 saturated heterocycles.